The van der Waals surface area contributed by atoms with Crippen LogP contribution in [-0.4, -0.2) is 30.4 Å². The number of carbonyl (C=O) groups excluding carboxylic acids is 1. The highest BCUT2D eigenvalue weighted by atomic mass is 127. The molecular formula is C16H23IN2O. The van der Waals surface area contributed by atoms with Crippen LogP contribution >= 0.6 is 22.6 Å². The predicted molar refractivity (Wildman–Crippen MR) is 92.2 cm³/mol. The monoisotopic (exact) mass is 386 g/mol. The molecule has 20 heavy (non-hydrogen) atoms. The summed E-state index contributed by atoms with van der Waals surface area (Å²) in [5, 5.41) is 3.05. The summed E-state index contributed by atoms with van der Waals surface area (Å²) in [6.45, 7) is 7.30. The third-order valence-electron chi connectivity index (χ3n) is 3.88. The third-order valence-corrected chi connectivity index (χ3v) is 5.05. The molecule has 1 N–H and O–H groups in total. The lowest BCUT2D eigenvalue weighted by Gasteiger charge is -2.26. The van der Waals surface area contributed by atoms with Crippen LogP contribution < -0.4 is 5.32 Å². The lowest BCUT2D eigenvalue weighted by molar-refractivity contribution is -0.116. The van der Waals surface area contributed by atoms with Crippen molar-refractivity contribution in [1.82, 2.24) is 4.90 Å². The number of halogens is 1. The quantitative estimate of drug-likeness (QED) is 0.800. The van der Waals surface area contributed by atoms with E-state index in [0.717, 1.165) is 30.9 Å². The molecule has 0 aliphatic carbocycles. The van der Waals surface area contributed by atoms with Crippen LogP contribution in [-0.2, 0) is 4.79 Å². The van der Waals surface area contributed by atoms with Crippen LogP contribution in [0.2, 0.25) is 0 Å². The highest BCUT2D eigenvalue weighted by Crippen LogP contribution is 2.22. The van der Waals surface area contributed by atoms with Crippen molar-refractivity contribution in [3.05, 3.63) is 26.8 Å². The van der Waals surface area contributed by atoms with Gasteiger partial charge in [0.15, 0.2) is 0 Å². The molecule has 2 rings (SSSR count). The number of nitrogens with zero attached hydrogens (tertiary/aromatic N) is 1. The fourth-order valence-electron chi connectivity index (χ4n) is 2.57. The number of carbonyl (C=O) groups is 1. The smallest absolute Gasteiger partial charge is 0.225 e. The summed E-state index contributed by atoms with van der Waals surface area (Å²) in [4.78, 5) is 14.5. The highest BCUT2D eigenvalue weighted by molar-refractivity contribution is 14.1. The van der Waals surface area contributed by atoms with E-state index < -0.39 is 0 Å². The zero-order chi connectivity index (χ0) is 14.5. The van der Waals surface area contributed by atoms with Crippen molar-refractivity contribution < 1.29 is 4.79 Å². The Morgan fingerprint density at radius 2 is 1.90 bits per heavy atom. The molecule has 0 spiro atoms. The summed E-state index contributed by atoms with van der Waals surface area (Å²) < 4.78 is 1.24. The molecule has 0 saturated carbocycles. The van der Waals surface area contributed by atoms with Gasteiger partial charge in [0.2, 0.25) is 5.91 Å². The number of hydrogen-bond acceptors (Lipinski definition) is 2. The van der Waals surface area contributed by atoms with Crippen molar-refractivity contribution in [1.29, 1.82) is 0 Å². The second-order valence-corrected chi connectivity index (χ2v) is 6.78. The Hall–Kier alpha value is -0.620. The summed E-state index contributed by atoms with van der Waals surface area (Å²) in [6, 6.07) is 4.19. The van der Waals surface area contributed by atoms with Gasteiger partial charge in [0.05, 0.1) is 0 Å². The molecule has 1 aromatic rings. The minimum absolute atomic E-state index is 0.124. The van der Waals surface area contributed by atoms with Crippen molar-refractivity contribution in [2.45, 2.75) is 39.5 Å². The van der Waals surface area contributed by atoms with Crippen LogP contribution in [0, 0.1) is 17.4 Å². The van der Waals surface area contributed by atoms with Gasteiger partial charge in [0.1, 0.15) is 0 Å². The van der Waals surface area contributed by atoms with Gasteiger partial charge in [-0.1, -0.05) is 6.42 Å². The van der Waals surface area contributed by atoms with Crippen molar-refractivity contribution in [3.8, 4) is 0 Å². The van der Waals surface area contributed by atoms with E-state index >= 15 is 0 Å². The van der Waals surface area contributed by atoms with Crippen LogP contribution in [0.5, 0.6) is 0 Å². The SMILES string of the molecule is Cc1cc(NC(=O)CCN2CCCCC2)c(C)cc1I. The number of anilines is 1. The zero-order valence-electron chi connectivity index (χ0n) is 12.3. The van der Waals surface area contributed by atoms with Crippen LogP contribution in [0.4, 0.5) is 5.69 Å². The molecule has 4 heteroatoms. The number of amides is 1. The summed E-state index contributed by atoms with van der Waals surface area (Å²) in [6.07, 6.45) is 4.47. The molecule has 1 aliphatic heterocycles. The first-order chi connectivity index (χ1) is 9.56. The van der Waals surface area contributed by atoms with Crippen molar-refractivity contribution in [2.75, 3.05) is 25.0 Å². The van der Waals surface area contributed by atoms with E-state index in [1.807, 2.05) is 6.92 Å². The number of benzene rings is 1. The van der Waals surface area contributed by atoms with Crippen LogP contribution in [0.3, 0.4) is 0 Å². The van der Waals surface area contributed by atoms with Gasteiger partial charge in [-0.05, 0) is 85.6 Å². The molecule has 1 aliphatic rings. The van der Waals surface area contributed by atoms with Gasteiger partial charge in [0.25, 0.3) is 0 Å². The fraction of sp³-hybridized carbons (Fsp3) is 0.562. The van der Waals surface area contributed by atoms with E-state index in [4.69, 9.17) is 0 Å². The van der Waals surface area contributed by atoms with Gasteiger partial charge >= 0.3 is 0 Å². The zero-order valence-corrected chi connectivity index (χ0v) is 14.5. The predicted octanol–water partition coefficient (Wildman–Crippen LogP) is 3.72. The summed E-state index contributed by atoms with van der Waals surface area (Å²) in [5.41, 5.74) is 3.29. The third kappa shape index (κ3) is 4.45. The van der Waals surface area contributed by atoms with E-state index in [1.54, 1.807) is 0 Å². The molecule has 110 valence electrons. The highest BCUT2D eigenvalue weighted by Gasteiger charge is 2.12. The van der Waals surface area contributed by atoms with Gasteiger partial charge in [-0.15, -0.1) is 0 Å². The molecule has 1 amide bonds. The largest absolute Gasteiger partial charge is 0.326 e. The Morgan fingerprint density at radius 1 is 1.20 bits per heavy atom. The first kappa shape index (κ1) is 15.8. The van der Waals surface area contributed by atoms with E-state index in [1.165, 1.54) is 28.4 Å². The maximum Gasteiger partial charge on any atom is 0.225 e. The number of rotatable bonds is 4. The second kappa shape index (κ2) is 7.41. The molecule has 0 unspecified atom stereocenters. The number of likely N-dealkylation sites (tertiary alicyclic amines) is 1. The van der Waals surface area contributed by atoms with Gasteiger partial charge in [-0.2, -0.15) is 0 Å². The van der Waals surface area contributed by atoms with Crippen molar-refractivity contribution in [3.63, 3.8) is 0 Å². The van der Waals surface area contributed by atoms with E-state index in [2.05, 4.69) is 51.9 Å². The molecule has 0 aromatic heterocycles. The summed E-state index contributed by atoms with van der Waals surface area (Å²) in [5.74, 6) is 0.124. The Labute approximate surface area is 135 Å². The first-order valence-electron chi connectivity index (χ1n) is 7.35. The number of nitrogens with one attached hydrogen (secondary N) is 1. The van der Waals surface area contributed by atoms with Crippen molar-refractivity contribution >= 4 is 34.2 Å². The molecule has 0 bridgehead atoms. The molecule has 3 nitrogen and oxygen atoms in total. The van der Waals surface area contributed by atoms with Gasteiger partial charge < -0.3 is 10.2 Å². The lowest BCUT2D eigenvalue weighted by Crippen LogP contribution is -2.32. The minimum atomic E-state index is 0.124. The van der Waals surface area contributed by atoms with Gasteiger partial charge in [-0.25, -0.2) is 0 Å². The Morgan fingerprint density at radius 3 is 2.60 bits per heavy atom. The van der Waals surface area contributed by atoms with Gasteiger partial charge in [0, 0.05) is 22.2 Å². The van der Waals surface area contributed by atoms with Crippen LogP contribution in [0.15, 0.2) is 12.1 Å². The summed E-state index contributed by atoms with van der Waals surface area (Å²) in [7, 11) is 0. The average molecular weight is 386 g/mol. The molecule has 1 saturated heterocycles. The normalized spacial score (nSPS) is 16.1. The number of aryl methyl sites for hydroxylation is 2. The Kier molecular flexibility index (Phi) is 5.84. The summed E-state index contributed by atoms with van der Waals surface area (Å²) >= 11 is 2.33. The van der Waals surface area contributed by atoms with Gasteiger partial charge in [-0.3, -0.25) is 4.79 Å². The maximum absolute atomic E-state index is 12.1. The van der Waals surface area contributed by atoms with E-state index in [0.29, 0.717) is 6.42 Å². The van der Waals surface area contributed by atoms with E-state index in [9.17, 15) is 4.79 Å². The fourth-order valence-corrected chi connectivity index (χ4v) is 3.19. The maximum atomic E-state index is 12.1. The van der Waals surface area contributed by atoms with Crippen LogP contribution in [0.1, 0.15) is 36.8 Å². The first-order valence-corrected chi connectivity index (χ1v) is 8.43. The van der Waals surface area contributed by atoms with E-state index in [-0.39, 0.29) is 5.91 Å². The molecule has 1 fully saturated rings. The molecule has 0 radical (unpaired) electrons. The standard InChI is InChI=1S/C16H23IN2O/c1-12-11-15(13(2)10-14(12)17)18-16(20)6-9-19-7-4-3-5-8-19/h10-11H,3-9H2,1-2H3,(H,18,20). The van der Waals surface area contributed by atoms with Crippen molar-refractivity contribution in [2.24, 2.45) is 0 Å². The lowest BCUT2D eigenvalue weighted by atomic mass is 10.1. The Balaban J connectivity index is 1.86. The topological polar surface area (TPSA) is 32.3 Å². The molecule has 0 atom stereocenters. The molecular weight excluding hydrogens is 363 g/mol. The molecule has 1 aromatic carbocycles. The molecule has 1 heterocycles. The van der Waals surface area contributed by atoms with Crippen LogP contribution in [0.25, 0.3) is 0 Å². The second-order valence-electron chi connectivity index (χ2n) is 5.62. The number of hydrogen-bond donors (Lipinski definition) is 1. The Bertz CT molecular complexity index is 482. The average Bonchev–Trinajstić information content (AvgIpc) is 2.44. The number of piperidine rings is 1. The minimum Gasteiger partial charge on any atom is -0.326 e.